The lowest BCUT2D eigenvalue weighted by Gasteiger charge is -2.37. The standard InChI is InChI=1S/C47H48N5O15PS/c1-28-24-50(45(56)48-43(28)54)41-22-37(53)39(64-41)27-63-68(69,66-36-20-14-33(15-21-36)52(58)59)67-38-23-42(51-25-29(2)44(55)49-46(51)57)65-40(38)26-62-47(30-8-6-5-7-9-30,31-10-16-34(60-3)17-11-31)32-12-18-35(61-4)19-13-32/h5-21,24-25,37-42,53H,22-23,26-27H2,1-4H3,(H,48,54,56)(H,49,55,57)/t37-,38-,39+,40+,41+,42+,68?/m0/s1. The number of ether oxygens (including phenoxy) is 5. The van der Waals surface area contributed by atoms with E-state index in [0.717, 1.165) is 10.1 Å². The number of methoxy groups -OCH3 is 2. The first-order valence-corrected chi connectivity index (χ1v) is 24.1. The fourth-order valence-electron chi connectivity index (χ4n) is 8.22. The second-order valence-electron chi connectivity index (χ2n) is 16.3. The number of aliphatic hydroxyl groups excluding tert-OH is 1. The number of nitro benzene ring substituents is 1. The molecule has 20 nitrogen and oxygen atoms in total. The van der Waals surface area contributed by atoms with E-state index in [1.165, 1.54) is 48.1 Å². The van der Waals surface area contributed by atoms with Crippen molar-refractivity contribution in [2.24, 2.45) is 0 Å². The maximum absolute atomic E-state index is 13.4. The number of aromatic amines is 2. The highest BCUT2D eigenvalue weighted by Crippen LogP contribution is 2.54. The van der Waals surface area contributed by atoms with Crippen LogP contribution in [0.1, 0.15) is 53.1 Å². The Balaban J connectivity index is 1.17. The average molecular weight is 986 g/mol. The first-order valence-electron chi connectivity index (χ1n) is 21.6. The van der Waals surface area contributed by atoms with E-state index < -0.39 is 83.2 Å². The Kier molecular flexibility index (Phi) is 14.6. The van der Waals surface area contributed by atoms with Crippen molar-refractivity contribution in [3.8, 4) is 17.2 Å². The molecule has 8 rings (SSSR count). The molecule has 22 heteroatoms. The smallest absolute Gasteiger partial charge is 0.381 e. The number of aryl methyl sites for hydroxylation is 2. The molecule has 7 atom stereocenters. The molecular formula is C47H48N5O15PS. The largest absolute Gasteiger partial charge is 0.497 e. The number of hydrogen-bond acceptors (Lipinski definition) is 16. The molecule has 0 aliphatic carbocycles. The summed E-state index contributed by atoms with van der Waals surface area (Å²) in [4.78, 5) is 66.2. The lowest BCUT2D eigenvalue weighted by Crippen LogP contribution is -2.38. The minimum Gasteiger partial charge on any atom is -0.497 e. The van der Waals surface area contributed by atoms with Gasteiger partial charge >= 0.3 is 18.1 Å². The number of nitro groups is 1. The van der Waals surface area contributed by atoms with Crippen molar-refractivity contribution in [3.63, 3.8) is 0 Å². The third-order valence-corrected chi connectivity index (χ3v) is 14.1. The summed E-state index contributed by atoms with van der Waals surface area (Å²) in [6.45, 7) is -1.71. The number of aliphatic hydroxyl groups is 1. The van der Waals surface area contributed by atoms with Gasteiger partial charge in [0.15, 0.2) is 0 Å². The summed E-state index contributed by atoms with van der Waals surface area (Å²) >= 11 is 6.10. The SMILES string of the molecule is COc1ccc(C(OC[C@H]2O[C@@H](n3cc(C)c(=O)[nH]c3=O)C[C@@H]2OP(=S)(OC[C@H]2O[C@@H](n3cc(C)c(=O)[nH]c3=O)C[C@@H]2O)Oc2ccc([N+](=O)[O-])cc2)(c2ccccc2)c2ccc(OC)cc2)cc1. The molecule has 4 heterocycles. The van der Waals surface area contributed by atoms with Crippen molar-refractivity contribution in [3.05, 3.63) is 195 Å². The minimum absolute atomic E-state index is 0.0443. The quantitative estimate of drug-likeness (QED) is 0.0429. The maximum atomic E-state index is 13.4. The summed E-state index contributed by atoms with van der Waals surface area (Å²) in [6.07, 6.45) is -3.85. The molecule has 0 saturated carbocycles. The number of H-pyrrole nitrogens is 2. The highest BCUT2D eigenvalue weighted by Gasteiger charge is 2.46. The highest BCUT2D eigenvalue weighted by molar-refractivity contribution is 8.07. The molecule has 1 unspecified atom stereocenters. The number of aromatic nitrogens is 4. The molecule has 3 N–H and O–H groups in total. The third kappa shape index (κ3) is 10.6. The number of non-ortho nitro benzene ring substituents is 1. The number of benzene rings is 4. The topological polar surface area (TPSA) is 247 Å². The molecule has 2 aliphatic heterocycles. The van der Waals surface area contributed by atoms with E-state index in [1.54, 1.807) is 21.1 Å². The van der Waals surface area contributed by atoms with E-state index in [9.17, 15) is 34.4 Å². The van der Waals surface area contributed by atoms with Crippen LogP contribution in [-0.4, -0.2) is 81.0 Å². The van der Waals surface area contributed by atoms with Crippen molar-refractivity contribution >= 4 is 24.2 Å². The molecule has 6 aromatic rings. The summed E-state index contributed by atoms with van der Waals surface area (Å²) in [5.74, 6) is 1.26. The van der Waals surface area contributed by atoms with Crippen molar-refractivity contribution in [1.29, 1.82) is 0 Å². The monoisotopic (exact) mass is 985 g/mol. The van der Waals surface area contributed by atoms with Gasteiger partial charge in [-0.1, -0.05) is 54.6 Å². The van der Waals surface area contributed by atoms with Crippen molar-refractivity contribution in [1.82, 2.24) is 19.1 Å². The Morgan fingerprint density at radius 1 is 0.725 bits per heavy atom. The third-order valence-electron chi connectivity index (χ3n) is 11.9. The van der Waals surface area contributed by atoms with Gasteiger partial charge in [0.1, 0.15) is 53.6 Å². The summed E-state index contributed by atoms with van der Waals surface area (Å²) in [5, 5.41) is 22.7. The number of rotatable bonds is 18. The van der Waals surface area contributed by atoms with Crippen LogP contribution in [-0.2, 0) is 40.7 Å². The molecule has 2 saturated heterocycles. The number of nitrogens with zero attached hydrogens (tertiary/aromatic N) is 3. The summed E-state index contributed by atoms with van der Waals surface area (Å²) in [5.41, 5.74) is -1.54. The van der Waals surface area contributed by atoms with E-state index in [2.05, 4.69) is 9.97 Å². The van der Waals surface area contributed by atoms with Crippen molar-refractivity contribution in [2.75, 3.05) is 27.4 Å². The molecule has 0 radical (unpaired) electrons. The van der Waals surface area contributed by atoms with Gasteiger partial charge in [0.25, 0.3) is 16.8 Å². The van der Waals surface area contributed by atoms with Crippen LogP contribution in [0.4, 0.5) is 5.69 Å². The van der Waals surface area contributed by atoms with Gasteiger partial charge in [-0.15, -0.1) is 0 Å². The van der Waals surface area contributed by atoms with E-state index >= 15 is 0 Å². The lowest BCUT2D eigenvalue weighted by molar-refractivity contribution is -0.384. The highest BCUT2D eigenvalue weighted by atomic mass is 32.5. The normalized spacial score (nSPS) is 21.1. The second-order valence-corrected chi connectivity index (χ2v) is 19.2. The molecule has 2 fully saturated rings. The van der Waals surface area contributed by atoms with Crippen LogP contribution in [0.3, 0.4) is 0 Å². The molecule has 0 spiro atoms. The van der Waals surface area contributed by atoms with Gasteiger partial charge < -0.3 is 33.3 Å². The van der Waals surface area contributed by atoms with E-state index in [1.807, 2.05) is 78.9 Å². The molecule has 362 valence electrons. The Bertz CT molecular complexity index is 3030. The van der Waals surface area contributed by atoms with Gasteiger partial charge in [0.05, 0.1) is 38.5 Å². The maximum Gasteiger partial charge on any atom is 0.381 e. The van der Waals surface area contributed by atoms with Gasteiger partial charge in [-0.3, -0.25) is 47.9 Å². The summed E-state index contributed by atoms with van der Waals surface area (Å²) in [6, 6.07) is 29.4. The minimum atomic E-state index is -4.12. The molecule has 2 aliphatic rings. The van der Waals surface area contributed by atoms with Gasteiger partial charge in [-0.2, -0.15) is 0 Å². The Morgan fingerprint density at radius 3 is 1.74 bits per heavy atom. The second kappa shape index (κ2) is 20.6. The van der Waals surface area contributed by atoms with Crippen LogP contribution in [0.5, 0.6) is 17.2 Å². The van der Waals surface area contributed by atoms with Crippen molar-refractivity contribution < 1.29 is 47.3 Å². The molecule has 69 heavy (non-hydrogen) atoms. The van der Waals surface area contributed by atoms with Gasteiger partial charge in [0, 0.05) is 60.3 Å². The predicted octanol–water partition coefficient (Wildman–Crippen LogP) is 5.28. The molecule has 0 bridgehead atoms. The van der Waals surface area contributed by atoms with Crippen molar-refractivity contribution in [2.45, 2.75) is 69.2 Å². The molecule has 4 aromatic carbocycles. The average Bonchev–Trinajstić information content (AvgIpc) is 3.93. The zero-order valence-electron chi connectivity index (χ0n) is 37.6. The lowest BCUT2D eigenvalue weighted by atomic mass is 9.80. The first-order chi connectivity index (χ1) is 33.1. The number of nitrogens with one attached hydrogen (secondary N) is 2. The van der Waals surface area contributed by atoms with Gasteiger partial charge in [-0.05, 0) is 66.9 Å². The predicted molar refractivity (Wildman–Crippen MR) is 252 cm³/mol. The van der Waals surface area contributed by atoms with E-state index in [0.29, 0.717) is 22.6 Å². The summed E-state index contributed by atoms with van der Waals surface area (Å²) in [7, 11) is 3.13. The molecule has 2 aromatic heterocycles. The van der Waals surface area contributed by atoms with Gasteiger partial charge in [0.2, 0.25) is 0 Å². The fourth-order valence-corrected chi connectivity index (χ4v) is 10.4. The van der Waals surface area contributed by atoms with E-state index in [4.69, 9.17) is 49.1 Å². The number of hydrogen-bond donors (Lipinski definition) is 3. The van der Waals surface area contributed by atoms with Crippen LogP contribution in [0.25, 0.3) is 0 Å². The Morgan fingerprint density at radius 2 is 1.22 bits per heavy atom. The Hall–Kier alpha value is -6.55. The summed E-state index contributed by atoms with van der Waals surface area (Å²) < 4.78 is 52.7. The van der Waals surface area contributed by atoms with Crippen LogP contribution in [0.2, 0.25) is 0 Å². The zero-order chi connectivity index (χ0) is 49.0. The van der Waals surface area contributed by atoms with Crippen LogP contribution < -0.4 is 36.5 Å². The van der Waals surface area contributed by atoms with Crippen LogP contribution in [0, 0.1) is 24.0 Å². The van der Waals surface area contributed by atoms with Gasteiger partial charge in [-0.25, -0.2) is 9.59 Å². The molecule has 0 amide bonds. The zero-order valence-corrected chi connectivity index (χ0v) is 39.3. The van der Waals surface area contributed by atoms with Crippen LogP contribution >= 0.6 is 6.72 Å². The van der Waals surface area contributed by atoms with Crippen LogP contribution in [0.15, 0.2) is 135 Å². The van der Waals surface area contributed by atoms with E-state index in [-0.39, 0.29) is 42.0 Å². The molecular weight excluding hydrogens is 938 g/mol. The first kappa shape index (κ1) is 48.9. The Labute approximate surface area is 398 Å². The fraction of sp³-hybridized carbons (Fsp3) is 0.319.